The van der Waals surface area contributed by atoms with Crippen LogP contribution in [0.4, 0.5) is 0 Å². The predicted molar refractivity (Wildman–Crippen MR) is 44.7 cm³/mol. The first-order valence-electron chi connectivity index (χ1n) is 3.22. The summed E-state index contributed by atoms with van der Waals surface area (Å²) in [5.74, 6) is 0.180. The minimum atomic E-state index is 0.180. The van der Waals surface area contributed by atoms with Crippen LogP contribution < -0.4 is 0 Å². The number of nitrogens with zero attached hydrogens (tertiary/aromatic N) is 1. The zero-order valence-corrected chi connectivity index (χ0v) is 6.74. The zero-order chi connectivity index (χ0) is 9.56. The van der Waals surface area contributed by atoms with Gasteiger partial charge < -0.3 is 9.90 Å². The third kappa shape index (κ3) is 2.43. The molecule has 1 aromatic rings. The molecule has 0 aromatic heterocycles. The largest absolute Gasteiger partial charge is 0.508 e. The maximum atomic E-state index is 9.08. The van der Waals surface area contributed by atoms with Crippen molar-refractivity contribution in [3.8, 4) is 11.8 Å². The first-order chi connectivity index (χ1) is 5.74. The molecular weight excluding hydrogens is 154 g/mol. The molecule has 0 saturated heterocycles. The monoisotopic (exact) mass is 163 g/mol. The summed E-state index contributed by atoms with van der Waals surface area (Å²) >= 11 is 0. The molecular formula is C9H9NO2. The molecule has 1 rings (SSSR count). The number of aryl methyl sites for hydroxylation is 1. The second kappa shape index (κ2) is 4.91. The van der Waals surface area contributed by atoms with E-state index in [9.17, 15) is 0 Å². The van der Waals surface area contributed by atoms with Gasteiger partial charge in [0.05, 0.1) is 11.6 Å². The van der Waals surface area contributed by atoms with Crippen LogP contribution in [0.2, 0.25) is 0 Å². The molecule has 0 bridgehead atoms. The number of phenols is 1. The minimum absolute atomic E-state index is 0.180. The van der Waals surface area contributed by atoms with Crippen LogP contribution in [0.25, 0.3) is 0 Å². The number of carbonyl (C=O) groups excluding carboxylic acids is 1. The Hall–Kier alpha value is -1.82. The molecule has 12 heavy (non-hydrogen) atoms. The average molecular weight is 163 g/mol. The van der Waals surface area contributed by atoms with E-state index in [1.54, 1.807) is 19.1 Å². The van der Waals surface area contributed by atoms with Gasteiger partial charge in [-0.25, -0.2) is 0 Å². The van der Waals surface area contributed by atoms with E-state index >= 15 is 0 Å². The number of aromatic hydroxyl groups is 1. The summed E-state index contributed by atoms with van der Waals surface area (Å²) in [6.07, 6.45) is 0. The summed E-state index contributed by atoms with van der Waals surface area (Å²) < 4.78 is 0. The smallest absolute Gasteiger partial charge is 0.119 e. The number of benzene rings is 1. The molecule has 62 valence electrons. The fraction of sp³-hybridized carbons (Fsp3) is 0.111. The Morgan fingerprint density at radius 1 is 1.50 bits per heavy atom. The topological polar surface area (TPSA) is 61.1 Å². The lowest BCUT2D eigenvalue weighted by Crippen LogP contribution is -1.76. The van der Waals surface area contributed by atoms with Crippen LogP contribution in [0.5, 0.6) is 5.75 Å². The van der Waals surface area contributed by atoms with Gasteiger partial charge in [-0.15, -0.1) is 0 Å². The Morgan fingerprint density at radius 3 is 2.50 bits per heavy atom. The normalized spacial score (nSPS) is 7.67. The molecule has 0 radical (unpaired) electrons. The Morgan fingerprint density at radius 2 is 2.08 bits per heavy atom. The first kappa shape index (κ1) is 10.2. The van der Waals surface area contributed by atoms with Gasteiger partial charge in [0.2, 0.25) is 0 Å². The summed E-state index contributed by atoms with van der Waals surface area (Å²) in [5.41, 5.74) is 1.28. The van der Waals surface area contributed by atoms with Gasteiger partial charge in [0.15, 0.2) is 0 Å². The molecule has 1 aromatic carbocycles. The summed E-state index contributed by atoms with van der Waals surface area (Å²) in [7, 11) is 0. The van der Waals surface area contributed by atoms with Crippen molar-refractivity contribution in [3.05, 3.63) is 29.3 Å². The van der Waals surface area contributed by atoms with Crippen LogP contribution in [0.1, 0.15) is 11.1 Å². The number of hydrogen-bond donors (Lipinski definition) is 1. The number of hydrogen-bond acceptors (Lipinski definition) is 3. The molecule has 3 heteroatoms. The SMILES string of the molecule is C=O.Cc1ccc(C#N)cc1O. The number of phenolic OH excluding ortho intramolecular Hbond substituents is 1. The van der Waals surface area contributed by atoms with Crippen LogP contribution in [-0.4, -0.2) is 11.9 Å². The van der Waals surface area contributed by atoms with Crippen molar-refractivity contribution in [1.82, 2.24) is 0 Å². The number of rotatable bonds is 0. The molecule has 0 spiro atoms. The van der Waals surface area contributed by atoms with Crippen molar-refractivity contribution in [2.24, 2.45) is 0 Å². The van der Waals surface area contributed by atoms with Gasteiger partial charge in [-0.3, -0.25) is 0 Å². The molecule has 0 atom stereocenters. The van der Waals surface area contributed by atoms with E-state index in [1.165, 1.54) is 6.07 Å². The Labute approximate surface area is 70.9 Å². The molecule has 0 aliphatic rings. The van der Waals surface area contributed by atoms with E-state index in [-0.39, 0.29) is 5.75 Å². The molecule has 0 heterocycles. The summed E-state index contributed by atoms with van der Waals surface area (Å²) in [4.78, 5) is 8.00. The Balaban J connectivity index is 0.000000561. The summed E-state index contributed by atoms with van der Waals surface area (Å²) in [6, 6.07) is 6.78. The molecule has 3 nitrogen and oxygen atoms in total. The predicted octanol–water partition coefficient (Wildman–Crippen LogP) is 1.39. The van der Waals surface area contributed by atoms with E-state index < -0.39 is 0 Å². The molecule has 0 aliphatic heterocycles. The minimum Gasteiger partial charge on any atom is -0.508 e. The van der Waals surface area contributed by atoms with Gasteiger partial charge in [0.1, 0.15) is 12.5 Å². The lowest BCUT2D eigenvalue weighted by atomic mass is 10.1. The lowest BCUT2D eigenvalue weighted by molar-refractivity contribution is -0.0979. The van der Waals surface area contributed by atoms with Gasteiger partial charge in [0.25, 0.3) is 0 Å². The third-order valence-electron chi connectivity index (χ3n) is 1.34. The highest BCUT2D eigenvalue weighted by atomic mass is 16.3. The third-order valence-corrected chi connectivity index (χ3v) is 1.34. The quantitative estimate of drug-likeness (QED) is 0.628. The van der Waals surface area contributed by atoms with Crippen LogP contribution in [-0.2, 0) is 4.79 Å². The van der Waals surface area contributed by atoms with Crippen LogP contribution in [0.15, 0.2) is 18.2 Å². The van der Waals surface area contributed by atoms with E-state index in [1.807, 2.05) is 12.9 Å². The standard InChI is InChI=1S/C8H7NO.CH2O/c1-6-2-3-7(5-9)4-8(6)10;1-2/h2-4,10H,1H3;1H2. The molecule has 0 amide bonds. The van der Waals surface area contributed by atoms with Crippen molar-refractivity contribution < 1.29 is 9.90 Å². The van der Waals surface area contributed by atoms with Gasteiger partial charge in [0, 0.05) is 0 Å². The van der Waals surface area contributed by atoms with Crippen molar-refractivity contribution in [3.63, 3.8) is 0 Å². The fourth-order valence-corrected chi connectivity index (χ4v) is 0.679. The van der Waals surface area contributed by atoms with E-state index in [0.29, 0.717) is 5.56 Å². The number of nitriles is 1. The van der Waals surface area contributed by atoms with Gasteiger partial charge in [-0.2, -0.15) is 5.26 Å². The lowest BCUT2D eigenvalue weighted by Gasteiger charge is -1.95. The van der Waals surface area contributed by atoms with Crippen molar-refractivity contribution in [1.29, 1.82) is 5.26 Å². The van der Waals surface area contributed by atoms with E-state index in [4.69, 9.17) is 15.2 Å². The molecule has 0 fully saturated rings. The van der Waals surface area contributed by atoms with Gasteiger partial charge in [-0.05, 0) is 24.6 Å². The van der Waals surface area contributed by atoms with Crippen molar-refractivity contribution in [2.45, 2.75) is 6.92 Å². The molecule has 1 N–H and O–H groups in total. The van der Waals surface area contributed by atoms with E-state index in [0.717, 1.165) is 5.56 Å². The fourth-order valence-electron chi connectivity index (χ4n) is 0.679. The van der Waals surface area contributed by atoms with Crippen LogP contribution >= 0.6 is 0 Å². The van der Waals surface area contributed by atoms with Gasteiger partial charge in [-0.1, -0.05) is 6.07 Å². The average Bonchev–Trinajstić information content (AvgIpc) is 2.13. The summed E-state index contributed by atoms with van der Waals surface area (Å²) in [5, 5.41) is 17.5. The van der Waals surface area contributed by atoms with Crippen LogP contribution in [0.3, 0.4) is 0 Å². The van der Waals surface area contributed by atoms with E-state index in [2.05, 4.69) is 0 Å². The Kier molecular flexibility index (Phi) is 4.17. The Bertz CT molecular complexity index is 302. The second-order valence-corrected chi connectivity index (χ2v) is 2.11. The second-order valence-electron chi connectivity index (χ2n) is 2.11. The maximum Gasteiger partial charge on any atom is 0.119 e. The van der Waals surface area contributed by atoms with Crippen molar-refractivity contribution in [2.75, 3.05) is 0 Å². The summed E-state index contributed by atoms with van der Waals surface area (Å²) in [6.45, 7) is 3.79. The maximum absolute atomic E-state index is 9.08. The zero-order valence-electron chi connectivity index (χ0n) is 6.74. The highest BCUT2D eigenvalue weighted by molar-refractivity contribution is 5.40. The number of carbonyl (C=O) groups is 1. The highest BCUT2D eigenvalue weighted by Gasteiger charge is 1.95. The van der Waals surface area contributed by atoms with Crippen molar-refractivity contribution >= 4 is 6.79 Å². The molecule has 0 unspecified atom stereocenters. The molecule has 0 saturated carbocycles. The first-order valence-corrected chi connectivity index (χ1v) is 3.22. The molecule has 0 aliphatic carbocycles. The highest BCUT2D eigenvalue weighted by Crippen LogP contribution is 2.16. The van der Waals surface area contributed by atoms with Crippen LogP contribution in [0, 0.1) is 18.3 Å². The van der Waals surface area contributed by atoms with Gasteiger partial charge >= 0.3 is 0 Å².